The summed E-state index contributed by atoms with van der Waals surface area (Å²) in [5, 5.41) is 3.25. The third-order valence-corrected chi connectivity index (χ3v) is 3.47. The summed E-state index contributed by atoms with van der Waals surface area (Å²) in [5.74, 6) is 1.38. The Kier molecular flexibility index (Phi) is 5.01. The lowest BCUT2D eigenvalue weighted by Gasteiger charge is -2.22. The average molecular weight is 219 g/mol. The van der Waals surface area contributed by atoms with Gasteiger partial charge in [0.25, 0.3) is 0 Å². The van der Waals surface area contributed by atoms with Crippen LogP contribution < -0.4 is 5.32 Å². The van der Waals surface area contributed by atoms with Gasteiger partial charge in [0.2, 0.25) is 0 Å². The second kappa shape index (κ2) is 6.05. The molecule has 0 saturated heterocycles. The fourth-order valence-corrected chi connectivity index (χ4v) is 2.18. The summed E-state index contributed by atoms with van der Waals surface area (Å²) in [6, 6.07) is 6.90. The molecule has 1 unspecified atom stereocenters. The Morgan fingerprint density at radius 1 is 1.12 bits per heavy atom. The van der Waals surface area contributed by atoms with Gasteiger partial charge < -0.3 is 5.32 Å². The molecule has 1 aromatic rings. The normalized spacial score (nSPS) is 13.1. The van der Waals surface area contributed by atoms with Crippen molar-refractivity contribution in [2.24, 2.45) is 5.92 Å². The van der Waals surface area contributed by atoms with Gasteiger partial charge in [0.15, 0.2) is 0 Å². The van der Waals surface area contributed by atoms with E-state index in [0.29, 0.717) is 11.8 Å². The van der Waals surface area contributed by atoms with Crippen molar-refractivity contribution in [2.45, 2.75) is 40.0 Å². The lowest BCUT2D eigenvalue weighted by Crippen LogP contribution is -2.16. The molecule has 16 heavy (non-hydrogen) atoms. The largest absolute Gasteiger partial charge is 0.320 e. The minimum atomic E-state index is 0.673. The van der Waals surface area contributed by atoms with Crippen LogP contribution in [0.4, 0.5) is 0 Å². The van der Waals surface area contributed by atoms with E-state index in [1.54, 1.807) is 0 Å². The number of hydrogen-bond donors (Lipinski definition) is 1. The fraction of sp³-hybridized carbons (Fsp3) is 0.600. The van der Waals surface area contributed by atoms with Crippen LogP contribution in [0.1, 0.15) is 42.9 Å². The molecule has 1 nitrogen and oxygen atoms in total. The zero-order valence-electron chi connectivity index (χ0n) is 11.3. The third kappa shape index (κ3) is 3.34. The topological polar surface area (TPSA) is 12.0 Å². The molecule has 0 aliphatic carbocycles. The predicted octanol–water partition coefficient (Wildman–Crippen LogP) is 3.65. The van der Waals surface area contributed by atoms with E-state index >= 15 is 0 Å². The molecule has 0 fully saturated rings. The van der Waals surface area contributed by atoms with Gasteiger partial charge in [-0.15, -0.1) is 0 Å². The molecule has 1 heteroatoms. The fourth-order valence-electron chi connectivity index (χ4n) is 2.18. The molecule has 1 N–H and O–H groups in total. The summed E-state index contributed by atoms with van der Waals surface area (Å²) in [6.07, 6.45) is 1.22. The van der Waals surface area contributed by atoms with Crippen LogP contribution in [-0.2, 0) is 0 Å². The first-order chi connectivity index (χ1) is 7.56. The van der Waals surface area contributed by atoms with Crippen LogP contribution in [0.15, 0.2) is 18.2 Å². The van der Waals surface area contributed by atoms with Crippen LogP contribution in [0.2, 0.25) is 0 Å². The molecule has 0 radical (unpaired) electrons. The van der Waals surface area contributed by atoms with Gasteiger partial charge in [0.05, 0.1) is 0 Å². The van der Waals surface area contributed by atoms with Gasteiger partial charge in [0.1, 0.15) is 0 Å². The number of rotatable bonds is 5. The first-order valence-corrected chi connectivity index (χ1v) is 6.28. The summed E-state index contributed by atoms with van der Waals surface area (Å²) >= 11 is 0. The Labute approximate surface area is 100 Å². The summed E-state index contributed by atoms with van der Waals surface area (Å²) in [6.45, 7) is 10.1. The number of benzene rings is 1. The Morgan fingerprint density at radius 2 is 1.81 bits per heavy atom. The van der Waals surface area contributed by atoms with Crippen LogP contribution in [0, 0.1) is 19.8 Å². The monoisotopic (exact) mass is 219 g/mol. The Balaban J connectivity index is 2.88. The Morgan fingerprint density at radius 3 is 2.31 bits per heavy atom. The van der Waals surface area contributed by atoms with Gasteiger partial charge in [0, 0.05) is 0 Å². The van der Waals surface area contributed by atoms with Crippen LogP contribution in [0.3, 0.4) is 0 Å². The SMILES string of the molecule is CNCCC(c1ccc(C)c(C)c1)C(C)C. The first kappa shape index (κ1) is 13.2. The number of nitrogens with one attached hydrogen (secondary N) is 1. The third-order valence-electron chi connectivity index (χ3n) is 3.47. The molecule has 0 spiro atoms. The Hall–Kier alpha value is -0.820. The lowest BCUT2D eigenvalue weighted by atomic mass is 9.84. The van der Waals surface area contributed by atoms with Crippen molar-refractivity contribution in [3.63, 3.8) is 0 Å². The molecule has 0 aromatic heterocycles. The second-order valence-electron chi connectivity index (χ2n) is 5.09. The van der Waals surface area contributed by atoms with E-state index in [1.165, 1.54) is 23.1 Å². The molecule has 1 aromatic carbocycles. The van der Waals surface area contributed by atoms with Gasteiger partial charge in [-0.25, -0.2) is 0 Å². The summed E-state index contributed by atoms with van der Waals surface area (Å²) in [5.41, 5.74) is 4.29. The smallest absolute Gasteiger partial charge is 0.00460 e. The number of aryl methyl sites for hydroxylation is 2. The van der Waals surface area contributed by atoms with E-state index in [1.807, 2.05) is 7.05 Å². The molecule has 0 bridgehead atoms. The highest BCUT2D eigenvalue weighted by molar-refractivity contribution is 5.32. The quantitative estimate of drug-likeness (QED) is 0.797. The van der Waals surface area contributed by atoms with Crippen molar-refractivity contribution in [1.82, 2.24) is 5.32 Å². The highest BCUT2D eigenvalue weighted by atomic mass is 14.8. The maximum atomic E-state index is 3.25. The van der Waals surface area contributed by atoms with Crippen molar-refractivity contribution in [3.8, 4) is 0 Å². The molecular formula is C15H25N. The molecule has 0 saturated carbocycles. The van der Waals surface area contributed by atoms with Gasteiger partial charge in [-0.2, -0.15) is 0 Å². The predicted molar refractivity (Wildman–Crippen MR) is 72.0 cm³/mol. The minimum absolute atomic E-state index is 0.673. The van der Waals surface area contributed by atoms with E-state index in [4.69, 9.17) is 0 Å². The van der Waals surface area contributed by atoms with Gasteiger partial charge in [-0.1, -0.05) is 32.0 Å². The van der Waals surface area contributed by atoms with Crippen LogP contribution >= 0.6 is 0 Å². The number of hydrogen-bond acceptors (Lipinski definition) is 1. The minimum Gasteiger partial charge on any atom is -0.320 e. The van der Waals surface area contributed by atoms with E-state index in [2.05, 4.69) is 51.2 Å². The average Bonchev–Trinajstić information content (AvgIpc) is 2.23. The van der Waals surface area contributed by atoms with Crippen molar-refractivity contribution in [2.75, 3.05) is 13.6 Å². The Bertz CT molecular complexity index is 328. The van der Waals surface area contributed by atoms with E-state index in [-0.39, 0.29) is 0 Å². The lowest BCUT2D eigenvalue weighted by molar-refractivity contribution is 0.460. The van der Waals surface area contributed by atoms with Crippen molar-refractivity contribution in [3.05, 3.63) is 34.9 Å². The molecule has 0 aliphatic rings. The maximum absolute atomic E-state index is 3.25. The van der Waals surface area contributed by atoms with E-state index < -0.39 is 0 Å². The van der Waals surface area contributed by atoms with Crippen molar-refractivity contribution in [1.29, 1.82) is 0 Å². The molecule has 1 rings (SSSR count). The zero-order chi connectivity index (χ0) is 12.1. The molecule has 90 valence electrons. The van der Waals surface area contributed by atoms with Gasteiger partial charge in [-0.05, 0) is 62.4 Å². The molecule has 0 amide bonds. The van der Waals surface area contributed by atoms with Crippen molar-refractivity contribution < 1.29 is 0 Å². The van der Waals surface area contributed by atoms with Crippen molar-refractivity contribution >= 4 is 0 Å². The summed E-state index contributed by atoms with van der Waals surface area (Å²) < 4.78 is 0. The standard InChI is InChI=1S/C15H25N/c1-11(2)15(8-9-16-5)14-7-6-12(3)13(4)10-14/h6-7,10-11,15-16H,8-9H2,1-5H3. The molecular weight excluding hydrogens is 194 g/mol. The zero-order valence-corrected chi connectivity index (χ0v) is 11.3. The van der Waals surface area contributed by atoms with Crippen LogP contribution in [0.25, 0.3) is 0 Å². The highest BCUT2D eigenvalue weighted by Crippen LogP contribution is 2.28. The van der Waals surface area contributed by atoms with Crippen LogP contribution in [-0.4, -0.2) is 13.6 Å². The van der Waals surface area contributed by atoms with Gasteiger partial charge in [-0.3, -0.25) is 0 Å². The maximum Gasteiger partial charge on any atom is -0.00460 e. The first-order valence-electron chi connectivity index (χ1n) is 6.28. The summed E-state index contributed by atoms with van der Waals surface area (Å²) in [7, 11) is 2.03. The molecule has 0 aliphatic heterocycles. The summed E-state index contributed by atoms with van der Waals surface area (Å²) in [4.78, 5) is 0. The molecule has 1 atom stereocenters. The van der Waals surface area contributed by atoms with Gasteiger partial charge >= 0.3 is 0 Å². The van der Waals surface area contributed by atoms with Crippen LogP contribution in [0.5, 0.6) is 0 Å². The second-order valence-corrected chi connectivity index (χ2v) is 5.09. The molecule has 0 heterocycles. The van der Waals surface area contributed by atoms with E-state index in [0.717, 1.165) is 6.54 Å². The van der Waals surface area contributed by atoms with E-state index in [9.17, 15) is 0 Å². The highest BCUT2D eigenvalue weighted by Gasteiger charge is 2.15.